The molecular formula is C13H20N4. The fourth-order valence-electron chi connectivity index (χ4n) is 3.00. The van der Waals surface area contributed by atoms with Crippen LogP contribution in [0.25, 0.3) is 0 Å². The third-order valence-corrected chi connectivity index (χ3v) is 3.95. The van der Waals surface area contributed by atoms with E-state index >= 15 is 0 Å². The highest BCUT2D eigenvalue weighted by atomic mass is 15.2. The highest BCUT2D eigenvalue weighted by Crippen LogP contribution is 2.29. The predicted molar refractivity (Wildman–Crippen MR) is 68.2 cm³/mol. The van der Waals surface area contributed by atoms with Gasteiger partial charge in [0.25, 0.3) is 0 Å². The van der Waals surface area contributed by atoms with Gasteiger partial charge in [-0.15, -0.1) is 0 Å². The van der Waals surface area contributed by atoms with Crippen LogP contribution >= 0.6 is 0 Å². The largest absolute Gasteiger partial charge is 0.356 e. The highest BCUT2D eigenvalue weighted by Gasteiger charge is 2.36. The van der Waals surface area contributed by atoms with Crippen LogP contribution in [0.2, 0.25) is 0 Å². The molecular weight excluding hydrogens is 212 g/mol. The van der Waals surface area contributed by atoms with Gasteiger partial charge in [-0.3, -0.25) is 0 Å². The van der Waals surface area contributed by atoms with E-state index in [2.05, 4.69) is 33.2 Å². The molecule has 0 aromatic carbocycles. The molecule has 0 spiro atoms. The smallest absolute Gasteiger partial charge is 0.132 e. The number of hydrogen-bond acceptors (Lipinski definition) is 4. The summed E-state index contributed by atoms with van der Waals surface area (Å²) in [6.07, 6.45) is 0.985. The van der Waals surface area contributed by atoms with Gasteiger partial charge in [0.1, 0.15) is 11.6 Å². The first-order valence-electron chi connectivity index (χ1n) is 6.56. The molecule has 2 atom stereocenters. The molecule has 1 aromatic heterocycles. The molecule has 4 nitrogen and oxygen atoms in total. The topological polar surface area (TPSA) is 41.0 Å². The molecule has 1 N–H and O–H groups in total. The van der Waals surface area contributed by atoms with Gasteiger partial charge < -0.3 is 10.2 Å². The molecule has 2 aliphatic heterocycles. The molecule has 3 rings (SSSR count). The molecule has 2 saturated heterocycles. The van der Waals surface area contributed by atoms with Crippen LogP contribution < -0.4 is 10.2 Å². The Bertz CT molecular complexity index is 406. The van der Waals surface area contributed by atoms with Crippen LogP contribution in [0.3, 0.4) is 0 Å². The summed E-state index contributed by atoms with van der Waals surface area (Å²) in [5.74, 6) is 3.66. The van der Waals surface area contributed by atoms with Crippen LogP contribution in [0.1, 0.15) is 18.4 Å². The molecule has 0 amide bonds. The van der Waals surface area contributed by atoms with Crippen molar-refractivity contribution in [3.63, 3.8) is 0 Å². The summed E-state index contributed by atoms with van der Waals surface area (Å²) in [4.78, 5) is 11.5. The van der Waals surface area contributed by atoms with Crippen LogP contribution in [0, 0.1) is 18.8 Å². The van der Waals surface area contributed by atoms with Gasteiger partial charge in [-0.1, -0.05) is 6.92 Å². The lowest BCUT2D eigenvalue weighted by Gasteiger charge is -2.19. The SMILES string of the molecule is CCc1cc(N2CC3CNCC3C2)nc(C)n1. The summed E-state index contributed by atoms with van der Waals surface area (Å²) in [5, 5.41) is 3.47. The maximum absolute atomic E-state index is 4.59. The van der Waals surface area contributed by atoms with Crippen molar-refractivity contribution in [1.29, 1.82) is 0 Å². The number of nitrogens with zero attached hydrogens (tertiary/aromatic N) is 3. The second kappa shape index (κ2) is 4.26. The Morgan fingerprint density at radius 1 is 1.29 bits per heavy atom. The zero-order valence-electron chi connectivity index (χ0n) is 10.6. The Balaban J connectivity index is 1.82. The van der Waals surface area contributed by atoms with Crippen molar-refractivity contribution in [3.8, 4) is 0 Å². The molecule has 1 aromatic rings. The Kier molecular flexibility index (Phi) is 2.74. The number of fused-ring (bicyclic) bond motifs is 1. The van der Waals surface area contributed by atoms with E-state index in [9.17, 15) is 0 Å². The minimum atomic E-state index is 0.815. The van der Waals surface area contributed by atoms with Crippen molar-refractivity contribution in [2.24, 2.45) is 11.8 Å². The van der Waals surface area contributed by atoms with E-state index < -0.39 is 0 Å². The van der Waals surface area contributed by atoms with Gasteiger partial charge in [-0.2, -0.15) is 0 Å². The van der Waals surface area contributed by atoms with Gasteiger partial charge in [-0.05, 0) is 25.2 Å². The Morgan fingerprint density at radius 2 is 2.00 bits per heavy atom. The van der Waals surface area contributed by atoms with Gasteiger partial charge >= 0.3 is 0 Å². The van der Waals surface area contributed by atoms with Gasteiger partial charge in [-0.25, -0.2) is 9.97 Å². The van der Waals surface area contributed by atoms with Crippen molar-refractivity contribution < 1.29 is 0 Å². The number of hydrogen-bond donors (Lipinski definition) is 1. The Labute approximate surface area is 102 Å². The third kappa shape index (κ3) is 2.02. The Morgan fingerprint density at radius 3 is 2.65 bits per heavy atom. The fourth-order valence-corrected chi connectivity index (χ4v) is 3.00. The summed E-state index contributed by atoms with van der Waals surface area (Å²) < 4.78 is 0. The number of aryl methyl sites for hydroxylation is 2. The first-order chi connectivity index (χ1) is 8.26. The minimum Gasteiger partial charge on any atom is -0.356 e. The molecule has 4 heteroatoms. The summed E-state index contributed by atoms with van der Waals surface area (Å²) in [7, 11) is 0. The van der Waals surface area contributed by atoms with E-state index in [-0.39, 0.29) is 0 Å². The van der Waals surface area contributed by atoms with E-state index in [4.69, 9.17) is 0 Å². The number of aromatic nitrogens is 2. The van der Waals surface area contributed by atoms with Crippen LogP contribution in [0.15, 0.2) is 6.07 Å². The minimum absolute atomic E-state index is 0.815. The molecule has 0 radical (unpaired) electrons. The summed E-state index contributed by atoms with van der Waals surface area (Å²) in [5.41, 5.74) is 1.16. The number of nitrogens with one attached hydrogen (secondary N) is 1. The van der Waals surface area contributed by atoms with Crippen LogP contribution in [-0.4, -0.2) is 36.1 Å². The molecule has 2 aliphatic rings. The third-order valence-electron chi connectivity index (χ3n) is 3.95. The molecule has 0 aliphatic carbocycles. The number of rotatable bonds is 2. The summed E-state index contributed by atoms with van der Waals surface area (Å²) in [6.45, 7) is 8.78. The average Bonchev–Trinajstić information content (AvgIpc) is 2.88. The van der Waals surface area contributed by atoms with E-state index in [0.29, 0.717) is 0 Å². The van der Waals surface area contributed by atoms with Crippen molar-refractivity contribution in [1.82, 2.24) is 15.3 Å². The van der Waals surface area contributed by atoms with Crippen LogP contribution in [-0.2, 0) is 6.42 Å². The molecule has 2 fully saturated rings. The normalized spacial score (nSPS) is 27.5. The average molecular weight is 232 g/mol. The predicted octanol–water partition coefficient (Wildman–Crippen LogP) is 1.00. The van der Waals surface area contributed by atoms with Crippen molar-refractivity contribution >= 4 is 5.82 Å². The Hall–Kier alpha value is -1.16. The van der Waals surface area contributed by atoms with Crippen LogP contribution in [0.5, 0.6) is 0 Å². The maximum atomic E-state index is 4.59. The second-order valence-corrected chi connectivity index (χ2v) is 5.20. The van der Waals surface area contributed by atoms with E-state index in [0.717, 1.165) is 48.7 Å². The van der Waals surface area contributed by atoms with E-state index in [1.54, 1.807) is 0 Å². The van der Waals surface area contributed by atoms with Gasteiger partial charge in [0.2, 0.25) is 0 Å². The first kappa shape index (κ1) is 11.0. The molecule has 92 valence electrons. The van der Waals surface area contributed by atoms with Gasteiger partial charge in [0, 0.05) is 37.9 Å². The summed E-state index contributed by atoms with van der Waals surface area (Å²) in [6, 6.07) is 2.15. The highest BCUT2D eigenvalue weighted by molar-refractivity contribution is 5.42. The van der Waals surface area contributed by atoms with E-state index in [1.807, 2.05) is 6.92 Å². The van der Waals surface area contributed by atoms with Crippen molar-refractivity contribution in [3.05, 3.63) is 17.6 Å². The monoisotopic (exact) mass is 232 g/mol. The standard InChI is InChI=1S/C13H20N4/c1-3-12-4-13(16-9(2)15-12)17-7-10-5-14-6-11(10)8-17/h4,10-11,14H,3,5-8H2,1-2H3. The summed E-state index contributed by atoms with van der Waals surface area (Å²) >= 11 is 0. The maximum Gasteiger partial charge on any atom is 0.132 e. The molecule has 0 saturated carbocycles. The molecule has 3 heterocycles. The lowest BCUT2D eigenvalue weighted by Crippen LogP contribution is -2.26. The van der Waals surface area contributed by atoms with Gasteiger partial charge in [0.15, 0.2) is 0 Å². The lowest BCUT2D eigenvalue weighted by atomic mass is 10.0. The lowest BCUT2D eigenvalue weighted by molar-refractivity contribution is 0.533. The first-order valence-corrected chi connectivity index (χ1v) is 6.56. The quantitative estimate of drug-likeness (QED) is 0.826. The van der Waals surface area contributed by atoms with Crippen molar-refractivity contribution in [2.75, 3.05) is 31.1 Å². The number of anilines is 1. The zero-order valence-corrected chi connectivity index (χ0v) is 10.6. The van der Waals surface area contributed by atoms with Gasteiger partial charge in [0.05, 0.1) is 0 Å². The zero-order chi connectivity index (χ0) is 11.8. The van der Waals surface area contributed by atoms with Crippen LogP contribution in [0.4, 0.5) is 5.82 Å². The van der Waals surface area contributed by atoms with Crippen molar-refractivity contribution in [2.45, 2.75) is 20.3 Å². The molecule has 2 unspecified atom stereocenters. The fraction of sp³-hybridized carbons (Fsp3) is 0.692. The van der Waals surface area contributed by atoms with E-state index in [1.165, 1.54) is 13.1 Å². The molecule has 0 bridgehead atoms. The molecule has 17 heavy (non-hydrogen) atoms. The second-order valence-electron chi connectivity index (χ2n) is 5.20.